The van der Waals surface area contributed by atoms with Gasteiger partial charge in [0.15, 0.2) is 5.69 Å². The molecule has 154 valence electrons. The van der Waals surface area contributed by atoms with E-state index in [9.17, 15) is 18.0 Å². The number of aromatic nitrogens is 5. The average molecular weight is 406 g/mol. The van der Waals surface area contributed by atoms with Crippen LogP contribution in [0.3, 0.4) is 0 Å². The Morgan fingerprint density at radius 1 is 1.21 bits per heavy atom. The molecule has 0 aliphatic heterocycles. The number of amides is 1. The fourth-order valence-corrected chi connectivity index (χ4v) is 2.69. The van der Waals surface area contributed by atoms with Crippen LogP contribution in [0.1, 0.15) is 53.8 Å². The molecule has 3 rings (SSSR count). The first-order valence-electron chi connectivity index (χ1n) is 8.92. The monoisotopic (exact) mass is 406 g/mol. The Morgan fingerprint density at radius 2 is 1.93 bits per heavy atom. The Balaban J connectivity index is 1.64. The van der Waals surface area contributed by atoms with Crippen LogP contribution in [0.5, 0.6) is 0 Å². The van der Waals surface area contributed by atoms with Crippen LogP contribution in [0.15, 0.2) is 36.5 Å². The molecule has 0 radical (unpaired) electrons. The van der Waals surface area contributed by atoms with E-state index in [0.29, 0.717) is 0 Å². The number of nitrogens with zero attached hydrogens (tertiary/aromatic N) is 4. The SMILES string of the molecule is CC(C)(C)c1cc(CNC(=O)c2cn(Cc3ccccc3C(F)(F)F)nn2)[nH]n1. The van der Waals surface area contributed by atoms with Gasteiger partial charge in [-0.3, -0.25) is 9.89 Å². The second kappa shape index (κ2) is 7.69. The molecule has 2 aromatic heterocycles. The standard InChI is InChI=1S/C19H21F3N6O/c1-18(2,3)16-8-13(24-26-16)9-23-17(29)15-11-28(27-25-15)10-12-6-4-5-7-14(12)19(20,21)22/h4-8,11H,9-10H2,1-3H3,(H,23,29)(H,24,26). The van der Waals surface area contributed by atoms with Crippen molar-refractivity contribution in [3.05, 3.63) is 64.7 Å². The van der Waals surface area contributed by atoms with E-state index < -0.39 is 17.6 Å². The molecule has 2 N–H and O–H groups in total. The van der Waals surface area contributed by atoms with E-state index in [1.807, 2.05) is 26.8 Å². The third kappa shape index (κ3) is 5.01. The van der Waals surface area contributed by atoms with Crippen molar-refractivity contribution in [2.24, 2.45) is 0 Å². The molecule has 1 aromatic carbocycles. The second-order valence-electron chi connectivity index (χ2n) is 7.67. The lowest BCUT2D eigenvalue weighted by molar-refractivity contribution is -0.138. The van der Waals surface area contributed by atoms with Gasteiger partial charge in [0.2, 0.25) is 0 Å². The minimum Gasteiger partial charge on any atom is -0.345 e. The van der Waals surface area contributed by atoms with Gasteiger partial charge in [0.1, 0.15) is 0 Å². The number of rotatable bonds is 5. The number of halogens is 3. The normalized spacial score (nSPS) is 12.2. The number of aromatic amines is 1. The number of alkyl halides is 3. The number of benzene rings is 1. The molecule has 29 heavy (non-hydrogen) atoms. The summed E-state index contributed by atoms with van der Waals surface area (Å²) in [6.07, 6.45) is -3.15. The molecule has 2 heterocycles. The minimum atomic E-state index is -4.46. The molecule has 0 bridgehead atoms. The van der Waals surface area contributed by atoms with Gasteiger partial charge in [-0.25, -0.2) is 4.68 Å². The molecule has 3 aromatic rings. The van der Waals surface area contributed by atoms with Crippen LogP contribution in [0.25, 0.3) is 0 Å². The summed E-state index contributed by atoms with van der Waals surface area (Å²) in [7, 11) is 0. The molecule has 0 fully saturated rings. The fourth-order valence-electron chi connectivity index (χ4n) is 2.69. The summed E-state index contributed by atoms with van der Waals surface area (Å²) >= 11 is 0. The smallest absolute Gasteiger partial charge is 0.345 e. The Morgan fingerprint density at radius 3 is 2.59 bits per heavy atom. The van der Waals surface area contributed by atoms with Crippen LogP contribution >= 0.6 is 0 Å². The maximum absolute atomic E-state index is 13.1. The molecule has 0 atom stereocenters. The van der Waals surface area contributed by atoms with Crippen molar-refractivity contribution >= 4 is 5.91 Å². The zero-order valence-electron chi connectivity index (χ0n) is 16.2. The van der Waals surface area contributed by atoms with Crippen molar-refractivity contribution in [2.75, 3.05) is 0 Å². The summed E-state index contributed by atoms with van der Waals surface area (Å²) in [5.74, 6) is -0.479. The molecule has 0 aliphatic carbocycles. The number of nitrogens with one attached hydrogen (secondary N) is 2. The molecule has 0 saturated carbocycles. The fraction of sp³-hybridized carbons (Fsp3) is 0.368. The first-order chi connectivity index (χ1) is 13.5. The van der Waals surface area contributed by atoms with E-state index in [1.165, 1.54) is 29.1 Å². The maximum atomic E-state index is 13.1. The zero-order chi connectivity index (χ0) is 21.2. The number of carbonyl (C=O) groups excluding carboxylic acids is 1. The van der Waals surface area contributed by atoms with E-state index in [1.54, 1.807) is 0 Å². The van der Waals surface area contributed by atoms with Gasteiger partial charge in [0, 0.05) is 5.41 Å². The average Bonchev–Trinajstić information content (AvgIpc) is 3.28. The van der Waals surface area contributed by atoms with E-state index in [0.717, 1.165) is 17.5 Å². The highest BCUT2D eigenvalue weighted by Crippen LogP contribution is 2.32. The number of H-pyrrole nitrogens is 1. The van der Waals surface area contributed by atoms with Crippen molar-refractivity contribution < 1.29 is 18.0 Å². The lowest BCUT2D eigenvalue weighted by atomic mass is 9.92. The van der Waals surface area contributed by atoms with Crippen molar-refractivity contribution in [1.29, 1.82) is 0 Å². The molecule has 7 nitrogen and oxygen atoms in total. The Labute approximate surface area is 165 Å². The maximum Gasteiger partial charge on any atom is 0.416 e. The van der Waals surface area contributed by atoms with Gasteiger partial charge >= 0.3 is 6.18 Å². The largest absolute Gasteiger partial charge is 0.416 e. The van der Waals surface area contributed by atoms with Crippen LogP contribution in [0, 0.1) is 0 Å². The summed E-state index contributed by atoms with van der Waals surface area (Å²) in [5.41, 5.74) is 0.809. The van der Waals surface area contributed by atoms with E-state index in [-0.39, 0.29) is 29.8 Å². The predicted molar refractivity (Wildman–Crippen MR) is 99.0 cm³/mol. The van der Waals surface area contributed by atoms with Crippen molar-refractivity contribution in [1.82, 2.24) is 30.5 Å². The summed E-state index contributed by atoms with van der Waals surface area (Å²) in [5, 5.41) is 17.3. The molecule has 0 spiro atoms. The first kappa shape index (κ1) is 20.6. The van der Waals surface area contributed by atoms with Gasteiger partial charge in [-0.05, 0) is 17.7 Å². The molecule has 0 saturated heterocycles. The highest BCUT2D eigenvalue weighted by Gasteiger charge is 2.33. The number of hydrogen-bond acceptors (Lipinski definition) is 4. The summed E-state index contributed by atoms with van der Waals surface area (Å²) in [6.45, 7) is 6.15. The van der Waals surface area contributed by atoms with E-state index in [2.05, 4.69) is 25.8 Å². The van der Waals surface area contributed by atoms with Crippen LogP contribution in [-0.4, -0.2) is 31.1 Å². The van der Waals surface area contributed by atoms with Crippen LogP contribution in [0.2, 0.25) is 0 Å². The third-order valence-corrected chi connectivity index (χ3v) is 4.27. The van der Waals surface area contributed by atoms with E-state index in [4.69, 9.17) is 0 Å². The summed E-state index contributed by atoms with van der Waals surface area (Å²) in [6, 6.07) is 7.09. The third-order valence-electron chi connectivity index (χ3n) is 4.27. The van der Waals surface area contributed by atoms with Crippen LogP contribution in [-0.2, 0) is 24.7 Å². The van der Waals surface area contributed by atoms with Gasteiger partial charge in [0.25, 0.3) is 5.91 Å². The zero-order valence-corrected chi connectivity index (χ0v) is 16.2. The van der Waals surface area contributed by atoms with Crippen LogP contribution in [0.4, 0.5) is 13.2 Å². The number of carbonyl (C=O) groups is 1. The topological polar surface area (TPSA) is 88.5 Å². The molecular formula is C19H21F3N6O. The highest BCUT2D eigenvalue weighted by atomic mass is 19.4. The quantitative estimate of drug-likeness (QED) is 0.681. The molecular weight excluding hydrogens is 385 g/mol. The summed E-state index contributed by atoms with van der Waals surface area (Å²) in [4.78, 5) is 12.3. The Kier molecular flexibility index (Phi) is 5.45. The predicted octanol–water partition coefficient (Wildman–Crippen LogP) is 3.30. The number of hydrogen-bond donors (Lipinski definition) is 2. The summed E-state index contributed by atoms with van der Waals surface area (Å²) < 4.78 is 40.5. The molecule has 1 amide bonds. The van der Waals surface area contributed by atoms with E-state index >= 15 is 0 Å². The molecule has 0 aliphatic rings. The van der Waals surface area contributed by atoms with Gasteiger partial charge in [-0.2, -0.15) is 18.3 Å². The van der Waals surface area contributed by atoms with Gasteiger partial charge in [-0.1, -0.05) is 44.2 Å². The molecule has 0 unspecified atom stereocenters. The van der Waals surface area contributed by atoms with Crippen molar-refractivity contribution in [3.8, 4) is 0 Å². The van der Waals surface area contributed by atoms with Crippen LogP contribution < -0.4 is 5.32 Å². The Hall–Kier alpha value is -3.17. The minimum absolute atomic E-state index is 0.0186. The van der Waals surface area contributed by atoms with Crippen molar-refractivity contribution in [2.45, 2.75) is 45.5 Å². The van der Waals surface area contributed by atoms with Gasteiger partial charge in [-0.15, -0.1) is 5.10 Å². The lowest BCUT2D eigenvalue weighted by Crippen LogP contribution is -2.23. The van der Waals surface area contributed by atoms with Gasteiger partial charge < -0.3 is 5.32 Å². The van der Waals surface area contributed by atoms with Gasteiger partial charge in [0.05, 0.1) is 36.2 Å². The molecule has 10 heteroatoms. The van der Waals surface area contributed by atoms with Crippen molar-refractivity contribution in [3.63, 3.8) is 0 Å². The Bertz CT molecular complexity index is 1000. The highest BCUT2D eigenvalue weighted by molar-refractivity contribution is 5.91. The second-order valence-corrected chi connectivity index (χ2v) is 7.67. The lowest BCUT2D eigenvalue weighted by Gasteiger charge is -2.13. The first-order valence-corrected chi connectivity index (χ1v) is 8.92.